The molecular formula is C15H9FN2. The van der Waals surface area contributed by atoms with E-state index in [1.807, 2.05) is 34.9 Å². The minimum Gasteiger partial charge on any atom is -0.315 e. The minimum atomic E-state index is -0.281. The highest BCUT2D eigenvalue weighted by Gasteiger charge is 2.09. The van der Waals surface area contributed by atoms with Crippen molar-refractivity contribution >= 4 is 5.52 Å². The number of hydrogen-bond donors (Lipinski definition) is 0. The molecule has 2 nitrogen and oxygen atoms in total. The van der Waals surface area contributed by atoms with Crippen LogP contribution in [0, 0.1) is 17.1 Å². The summed E-state index contributed by atoms with van der Waals surface area (Å²) >= 11 is 0. The van der Waals surface area contributed by atoms with Crippen molar-refractivity contribution in [3.8, 4) is 17.3 Å². The van der Waals surface area contributed by atoms with E-state index in [0.29, 0.717) is 5.56 Å². The molecule has 86 valence electrons. The lowest BCUT2D eigenvalue weighted by Crippen LogP contribution is -1.87. The molecule has 1 aromatic carbocycles. The Kier molecular flexibility index (Phi) is 2.35. The zero-order chi connectivity index (χ0) is 12.5. The van der Waals surface area contributed by atoms with Crippen molar-refractivity contribution in [2.75, 3.05) is 0 Å². The Morgan fingerprint density at radius 1 is 1.06 bits per heavy atom. The maximum Gasteiger partial charge on any atom is 0.123 e. The van der Waals surface area contributed by atoms with Gasteiger partial charge in [-0.2, -0.15) is 5.26 Å². The van der Waals surface area contributed by atoms with Crippen LogP contribution < -0.4 is 0 Å². The molecule has 2 heterocycles. The molecule has 3 heteroatoms. The monoisotopic (exact) mass is 236 g/mol. The average molecular weight is 236 g/mol. The van der Waals surface area contributed by atoms with Crippen molar-refractivity contribution in [3.05, 3.63) is 66.1 Å². The molecular weight excluding hydrogens is 227 g/mol. The molecule has 0 amide bonds. The van der Waals surface area contributed by atoms with Crippen molar-refractivity contribution in [2.24, 2.45) is 0 Å². The maximum absolute atomic E-state index is 13.3. The summed E-state index contributed by atoms with van der Waals surface area (Å²) in [6, 6.07) is 16.0. The van der Waals surface area contributed by atoms with Crippen LogP contribution in [0.15, 0.2) is 54.7 Å². The second-order valence-corrected chi connectivity index (χ2v) is 4.02. The molecule has 0 bridgehead atoms. The van der Waals surface area contributed by atoms with Crippen LogP contribution >= 0.6 is 0 Å². The van der Waals surface area contributed by atoms with Gasteiger partial charge in [0.2, 0.25) is 0 Å². The van der Waals surface area contributed by atoms with Gasteiger partial charge < -0.3 is 4.40 Å². The summed E-state index contributed by atoms with van der Waals surface area (Å²) in [6.07, 6.45) is 1.87. The van der Waals surface area contributed by atoms with Crippen LogP contribution in [0.3, 0.4) is 0 Å². The van der Waals surface area contributed by atoms with Gasteiger partial charge in [0.25, 0.3) is 0 Å². The molecule has 0 N–H and O–H groups in total. The van der Waals surface area contributed by atoms with E-state index in [0.717, 1.165) is 16.8 Å². The number of aromatic nitrogens is 1. The lowest BCUT2D eigenvalue weighted by atomic mass is 10.1. The van der Waals surface area contributed by atoms with E-state index in [2.05, 4.69) is 6.07 Å². The first-order valence-electron chi connectivity index (χ1n) is 5.56. The highest BCUT2D eigenvalue weighted by molar-refractivity contribution is 5.74. The molecule has 0 aliphatic rings. The van der Waals surface area contributed by atoms with Gasteiger partial charge in [0.15, 0.2) is 0 Å². The van der Waals surface area contributed by atoms with E-state index in [-0.39, 0.29) is 5.82 Å². The van der Waals surface area contributed by atoms with Crippen LogP contribution in [0.1, 0.15) is 5.56 Å². The van der Waals surface area contributed by atoms with Crippen molar-refractivity contribution < 1.29 is 4.39 Å². The molecule has 0 saturated heterocycles. The molecule has 0 aliphatic carbocycles. The summed E-state index contributed by atoms with van der Waals surface area (Å²) in [6.45, 7) is 0. The standard InChI is InChI=1S/C15H9FN2/c16-13-5-3-4-11(8-13)15-9-12(10-17)14-6-1-2-7-18(14)15/h1-9H. The molecule has 2 aromatic heterocycles. The Morgan fingerprint density at radius 3 is 2.72 bits per heavy atom. The predicted molar refractivity (Wildman–Crippen MR) is 67.5 cm³/mol. The number of benzene rings is 1. The van der Waals surface area contributed by atoms with Crippen molar-refractivity contribution in [1.82, 2.24) is 4.40 Å². The SMILES string of the molecule is N#Cc1cc(-c2cccc(F)c2)n2ccccc12. The first-order chi connectivity index (χ1) is 8.79. The van der Waals surface area contributed by atoms with Crippen LogP contribution in [-0.2, 0) is 0 Å². The first-order valence-corrected chi connectivity index (χ1v) is 5.56. The second kappa shape index (κ2) is 4.01. The maximum atomic E-state index is 13.3. The van der Waals surface area contributed by atoms with Gasteiger partial charge in [-0.05, 0) is 30.3 Å². The third kappa shape index (κ3) is 1.56. The van der Waals surface area contributed by atoms with Crippen molar-refractivity contribution in [3.63, 3.8) is 0 Å². The Labute approximate surface area is 104 Å². The van der Waals surface area contributed by atoms with Gasteiger partial charge >= 0.3 is 0 Å². The van der Waals surface area contributed by atoms with Crippen LogP contribution in [-0.4, -0.2) is 4.40 Å². The fourth-order valence-corrected chi connectivity index (χ4v) is 2.11. The van der Waals surface area contributed by atoms with E-state index >= 15 is 0 Å². The lowest BCUT2D eigenvalue weighted by molar-refractivity contribution is 0.628. The summed E-state index contributed by atoms with van der Waals surface area (Å²) in [5, 5.41) is 9.11. The summed E-state index contributed by atoms with van der Waals surface area (Å²) in [5.41, 5.74) is 3.01. The summed E-state index contributed by atoms with van der Waals surface area (Å²) < 4.78 is 15.2. The second-order valence-electron chi connectivity index (χ2n) is 4.02. The van der Waals surface area contributed by atoms with E-state index in [4.69, 9.17) is 5.26 Å². The summed E-state index contributed by atoms with van der Waals surface area (Å²) in [7, 11) is 0. The number of pyridine rings is 1. The molecule has 0 radical (unpaired) electrons. The number of halogens is 1. The van der Waals surface area contributed by atoms with Gasteiger partial charge in [0.1, 0.15) is 11.9 Å². The highest BCUT2D eigenvalue weighted by atomic mass is 19.1. The molecule has 0 unspecified atom stereocenters. The topological polar surface area (TPSA) is 28.2 Å². The Hall–Kier alpha value is -2.60. The summed E-state index contributed by atoms with van der Waals surface area (Å²) in [4.78, 5) is 0. The molecule has 3 rings (SSSR count). The third-order valence-electron chi connectivity index (χ3n) is 2.92. The smallest absolute Gasteiger partial charge is 0.123 e. The Morgan fingerprint density at radius 2 is 1.94 bits per heavy atom. The number of rotatable bonds is 1. The Bertz CT molecular complexity index is 766. The van der Waals surface area contributed by atoms with Crippen molar-refractivity contribution in [1.29, 1.82) is 5.26 Å². The van der Waals surface area contributed by atoms with E-state index in [9.17, 15) is 4.39 Å². The summed E-state index contributed by atoms with van der Waals surface area (Å²) in [5.74, 6) is -0.281. The third-order valence-corrected chi connectivity index (χ3v) is 2.92. The van der Waals surface area contributed by atoms with Crippen LogP contribution in [0.5, 0.6) is 0 Å². The average Bonchev–Trinajstić information content (AvgIpc) is 2.77. The van der Waals surface area contributed by atoms with Gasteiger partial charge in [-0.3, -0.25) is 0 Å². The zero-order valence-corrected chi connectivity index (χ0v) is 9.47. The van der Waals surface area contributed by atoms with Gasteiger partial charge in [-0.25, -0.2) is 4.39 Å². The van der Waals surface area contributed by atoms with Gasteiger partial charge in [0, 0.05) is 11.8 Å². The number of fused-ring (bicyclic) bond motifs is 1. The number of nitriles is 1. The fraction of sp³-hybridized carbons (Fsp3) is 0. The molecule has 3 aromatic rings. The molecule has 0 saturated carbocycles. The largest absolute Gasteiger partial charge is 0.315 e. The highest BCUT2D eigenvalue weighted by Crippen LogP contribution is 2.26. The zero-order valence-electron chi connectivity index (χ0n) is 9.47. The van der Waals surface area contributed by atoms with E-state index < -0.39 is 0 Å². The van der Waals surface area contributed by atoms with Gasteiger partial charge in [-0.1, -0.05) is 18.2 Å². The van der Waals surface area contributed by atoms with E-state index in [1.165, 1.54) is 12.1 Å². The van der Waals surface area contributed by atoms with Crippen LogP contribution in [0.25, 0.3) is 16.8 Å². The van der Waals surface area contributed by atoms with Crippen LogP contribution in [0.2, 0.25) is 0 Å². The molecule has 0 fully saturated rings. The van der Waals surface area contributed by atoms with Gasteiger partial charge in [-0.15, -0.1) is 0 Å². The predicted octanol–water partition coefficient (Wildman–Crippen LogP) is 3.62. The van der Waals surface area contributed by atoms with E-state index in [1.54, 1.807) is 12.1 Å². The molecule has 0 spiro atoms. The lowest BCUT2D eigenvalue weighted by Gasteiger charge is -2.02. The number of nitrogens with zero attached hydrogens (tertiary/aromatic N) is 2. The van der Waals surface area contributed by atoms with Crippen LogP contribution in [0.4, 0.5) is 4.39 Å². The fourth-order valence-electron chi connectivity index (χ4n) is 2.11. The number of hydrogen-bond acceptors (Lipinski definition) is 1. The molecule has 0 aliphatic heterocycles. The minimum absolute atomic E-state index is 0.281. The Balaban J connectivity index is 2.34. The quantitative estimate of drug-likeness (QED) is 0.634. The molecule has 0 atom stereocenters. The van der Waals surface area contributed by atoms with Crippen molar-refractivity contribution in [2.45, 2.75) is 0 Å². The van der Waals surface area contributed by atoms with Gasteiger partial charge in [0.05, 0.1) is 16.8 Å². The normalized spacial score (nSPS) is 10.4. The first kappa shape index (κ1) is 10.5. The molecule has 18 heavy (non-hydrogen) atoms.